The van der Waals surface area contributed by atoms with Crippen LogP contribution in [0.2, 0.25) is 0 Å². The van der Waals surface area contributed by atoms with Gasteiger partial charge in [-0.05, 0) is 25.3 Å². The van der Waals surface area contributed by atoms with Gasteiger partial charge in [0.15, 0.2) is 0 Å². The third-order valence-electron chi connectivity index (χ3n) is 3.51. The van der Waals surface area contributed by atoms with Gasteiger partial charge in [-0.15, -0.1) is 11.8 Å². The van der Waals surface area contributed by atoms with E-state index < -0.39 is 0 Å². The number of amides is 1. The lowest BCUT2D eigenvalue weighted by molar-refractivity contribution is -0.131. The predicted octanol–water partition coefficient (Wildman–Crippen LogP) is 2.07. The molecular weight excluding hydrogens is 298 g/mol. The first-order chi connectivity index (χ1) is 10.7. The Morgan fingerprint density at radius 2 is 2.41 bits per heavy atom. The Kier molecular flexibility index (Phi) is 6.49. The lowest BCUT2D eigenvalue weighted by atomic mass is 10.1. The predicted molar refractivity (Wildman–Crippen MR) is 89.9 cm³/mol. The number of nitrogens with one attached hydrogen (secondary N) is 1. The van der Waals surface area contributed by atoms with Gasteiger partial charge in [-0.2, -0.15) is 0 Å². The number of aromatic nitrogens is 1. The molecule has 2 rings (SSSR count). The average Bonchev–Trinajstić information content (AvgIpc) is 3.08. The van der Waals surface area contributed by atoms with Crippen molar-refractivity contribution in [2.45, 2.75) is 25.3 Å². The van der Waals surface area contributed by atoms with Gasteiger partial charge in [-0.3, -0.25) is 9.78 Å². The Hall–Kier alpha value is -1.78. The molecule has 1 saturated heterocycles. The van der Waals surface area contributed by atoms with Crippen LogP contribution in [0.25, 0.3) is 4.85 Å². The second-order valence-corrected chi connectivity index (χ2v) is 6.26. The summed E-state index contributed by atoms with van der Waals surface area (Å²) in [5.41, 5.74) is 6.50. The Bertz CT molecular complexity index is 522. The quantitative estimate of drug-likeness (QED) is 0.594. The largest absolute Gasteiger partial charge is 0.370 e. The highest BCUT2D eigenvalue weighted by Crippen LogP contribution is 2.15. The van der Waals surface area contributed by atoms with Crippen molar-refractivity contribution < 1.29 is 4.79 Å². The number of hydrogen-bond acceptors (Lipinski definition) is 5. The summed E-state index contributed by atoms with van der Waals surface area (Å²) in [5, 5.41) is 3.20. The highest BCUT2D eigenvalue weighted by molar-refractivity contribution is 7.99. The maximum absolute atomic E-state index is 12.0. The SMILES string of the molecule is [C-]#[N+]c1ccc(NCCCC[C@H](N)C(=O)N2CCSC2)nc1. The van der Waals surface area contributed by atoms with Gasteiger partial charge in [0.25, 0.3) is 0 Å². The van der Waals surface area contributed by atoms with E-state index in [4.69, 9.17) is 12.3 Å². The molecule has 6 nitrogen and oxygen atoms in total. The molecule has 2 heterocycles. The molecule has 0 radical (unpaired) electrons. The van der Waals surface area contributed by atoms with Crippen LogP contribution in [0.3, 0.4) is 0 Å². The van der Waals surface area contributed by atoms with Crippen LogP contribution in [-0.4, -0.2) is 46.6 Å². The highest BCUT2D eigenvalue weighted by Gasteiger charge is 2.23. The van der Waals surface area contributed by atoms with Crippen LogP contribution in [0.4, 0.5) is 11.5 Å². The van der Waals surface area contributed by atoms with Crippen LogP contribution < -0.4 is 11.1 Å². The van der Waals surface area contributed by atoms with E-state index in [1.807, 2.05) is 4.90 Å². The number of nitrogens with zero attached hydrogens (tertiary/aromatic N) is 3. The summed E-state index contributed by atoms with van der Waals surface area (Å²) >= 11 is 1.77. The summed E-state index contributed by atoms with van der Waals surface area (Å²) in [4.78, 5) is 21.3. The van der Waals surface area contributed by atoms with Gasteiger partial charge >= 0.3 is 0 Å². The Morgan fingerprint density at radius 1 is 1.55 bits per heavy atom. The highest BCUT2D eigenvalue weighted by atomic mass is 32.2. The lowest BCUT2D eigenvalue weighted by Gasteiger charge is -2.19. The maximum Gasteiger partial charge on any atom is 0.240 e. The molecule has 1 aliphatic heterocycles. The Balaban J connectivity index is 1.60. The summed E-state index contributed by atoms with van der Waals surface area (Å²) in [6, 6.07) is 3.16. The third-order valence-corrected chi connectivity index (χ3v) is 4.47. The van der Waals surface area contributed by atoms with Crippen molar-refractivity contribution in [1.29, 1.82) is 0 Å². The van der Waals surface area contributed by atoms with Gasteiger partial charge < -0.3 is 16.0 Å². The number of thioether (sulfide) groups is 1. The molecule has 0 bridgehead atoms. The minimum absolute atomic E-state index is 0.0781. The van der Waals surface area contributed by atoms with E-state index in [1.165, 1.54) is 0 Å². The van der Waals surface area contributed by atoms with E-state index in [9.17, 15) is 4.79 Å². The molecule has 1 aromatic heterocycles. The maximum atomic E-state index is 12.0. The smallest absolute Gasteiger partial charge is 0.240 e. The first-order valence-corrected chi connectivity index (χ1v) is 8.55. The van der Waals surface area contributed by atoms with Crippen molar-refractivity contribution in [2.75, 3.05) is 30.0 Å². The molecule has 1 aromatic rings. The number of carbonyl (C=O) groups excluding carboxylic acids is 1. The molecule has 7 heteroatoms. The number of pyridine rings is 1. The van der Waals surface area contributed by atoms with Crippen molar-refractivity contribution in [1.82, 2.24) is 9.88 Å². The molecule has 1 atom stereocenters. The first-order valence-electron chi connectivity index (χ1n) is 7.40. The van der Waals surface area contributed by atoms with Crippen molar-refractivity contribution in [2.24, 2.45) is 5.73 Å². The van der Waals surface area contributed by atoms with Crippen LogP contribution >= 0.6 is 11.8 Å². The fraction of sp³-hybridized carbons (Fsp3) is 0.533. The molecule has 1 fully saturated rings. The summed E-state index contributed by atoms with van der Waals surface area (Å²) in [6.45, 7) is 8.47. The van der Waals surface area contributed by atoms with Gasteiger partial charge in [-0.1, -0.05) is 6.07 Å². The van der Waals surface area contributed by atoms with Crippen LogP contribution in [0.5, 0.6) is 0 Å². The topological polar surface area (TPSA) is 75.6 Å². The zero-order valence-corrected chi connectivity index (χ0v) is 13.3. The van der Waals surface area contributed by atoms with Crippen molar-refractivity contribution in [3.8, 4) is 0 Å². The van der Waals surface area contributed by atoms with E-state index in [2.05, 4.69) is 15.1 Å². The zero-order valence-electron chi connectivity index (χ0n) is 12.5. The third kappa shape index (κ3) is 4.90. The molecule has 0 aliphatic carbocycles. The number of unbranched alkanes of at least 4 members (excludes halogenated alkanes) is 1. The van der Waals surface area contributed by atoms with Crippen LogP contribution in [0.15, 0.2) is 18.3 Å². The van der Waals surface area contributed by atoms with Gasteiger partial charge in [0.2, 0.25) is 11.6 Å². The molecule has 118 valence electrons. The number of nitrogens with two attached hydrogens (primary N) is 1. The van der Waals surface area contributed by atoms with E-state index in [0.29, 0.717) is 12.1 Å². The van der Waals surface area contributed by atoms with Gasteiger partial charge in [0.1, 0.15) is 5.82 Å². The molecule has 22 heavy (non-hydrogen) atoms. The van der Waals surface area contributed by atoms with Crippen LogP contribution in [-0.2, 0) is 4.79 Å². The first kappa shape index (κ1) is 16.6. The minimum Gasteiger partial charge on any atom is -0.370 e. The van der Waals surface area contributed by atoms with Crippen LogP contribution in [0.1, 0.15) is 19.3 Å². The fourth-order valence-electron chi connectivity index (χ4n) is 2.21. The molecule has 1 aliphatic rings. The van der Waals surface area contributed by atoms with Gasteiger partial charge in [0.05, 0.1) is 18.5 Å². The molecule has 0 aromatic carbocycles. The number of anilines is 1. The second kappa shape index (κ2) is 8.61. The number of carbonyl (C=O) groups is 1. The normalized spacial score (nSPS) is 15.4. The number of rotatable bonds is 7. The van der Waals surface area contributed by atoms with Gasteiger partial charge in [-0.25, -0.2) is 4.85 Å². The Labute approximate surface area is 135 Å². The molecule has 0 spiro atoms. The monoisotopic (exact) mass is 319 g/mol. The van der Waals surface area contributed by atoms with E-state index in [1.54, 1.807) is 30.1 Å². The van der Waals surface area contributed by atoms with Crippen LogP contribution in [0, 0.1) is 6.57 Å². The molecule has 0 saturated carbocycles. The number of hydrogen-bond donors (Lipinski definition) is 2. The molecule has 1 amide bonds. The lowest BCUT2D eigenvalue weighted by Crippen LogP contribution is -2.42. The van der Waals surface area contributed by atoms with Crippen molar-refractivity contribution in [3.63, 3.8) is 0 Å². The van der Waals surface area contributed by atoms with Gasteiger partial charge in [0, 0.05) is 25.0 Å². The standard InChI is InChI=1S/C15H21N5OS/c1-17-12-5-6-14(19-10-12)18-7-3-2-4-13(16)15(21)20-8-9-22-11-20/h5-6,10,13H,2-4,7-9,11,16H2,(H,18,19)/t13-/m0/s1. The summed E-state index contributed by atoms with van der Waals surface area (Å²) in [7, 11) is 0. The summed E-state index contributed by atoms with van der Waals surface area (Å²) < 4.78 is 0. The summed E-state index contributed by atoms with van der Waals surface area (Å²) in [6.07, 6.45) is 4.10. The molecular formula is C15H21N5OS. The minimum atomic E-state index is -0.380. The van der Waals surface area contributed by atoms with E-state index >= 15 is 0 Å². The molecule has 0 unspecified atom stereocenters. The summed E-state index contributed by atoms with van der Waals surface area (Å²) in [5.74, 6) is 2.64. The van der Waals surface area contributed by atoms with Crippen molar-refractivity contribution in [3.05, 3.63) is 29.7 Å². The fourth-order valence-corrected chi connectivity index (χ4v) is 3.16. The van der Waals surface area contributed by atoms with E-state index in [-0.39, 0.29) is 11.9 Å². The average molecular weight is 319 g/mol. The molecule has 3 N–H and O–H groups in total. The second-order valence-electron chi connectivity index (χ2n) is 5.18. The Morgan fingerprint density at radius 3 is 3.05 bits per heavy atom. The van der Waals surface area contributed by atoms with E-state index in [0.717, 1.165) is 43.4 Å². The zero-order chi connectivity index (χ0) is 15.8. The van der Waals surface area contributed by atoms with Crippen molar-refractivity contribution >= 4 is 29.2 Å².